The number of nitrogens with zero attached hydrogens (tertiary/aromatic N) is 2. The summed E-state index contributed by atoms with van der Waals surface area (Å²) >= 11 is 5.71. The number of amides is 2. The molecule has 0 bridgehead atoms. The quantitative estimate of drug-likeness (QED) is 0.275. The molecule has 0 aliphatic heterocycles. The van der Waals surface area contributed by atoms with Gasteiger partial charge in [0.1, 0.15) is 5.15 Å². The summed E-state index contributed by atoms with van der Waals surface area (Å²) in [7, 11) is 0. The molecule has 0 fully saturated rings. The van der Waals surface area contributed by atoms with Gasteiger partial charge in [-0.05, 0) is 24.3 Å². The van der Waals surface area contributed by atoms with E-state index in [1.165, 1.54) is 6.20 Å². The first kappa shape index (κ1) is 23.6. The van der Waals surface area contributed by atoms with Crippen LogP contribution in [0.15, 0.2) is 48.7 Å². The van der Waals surface area contributed by atoms with Crippen molar-refractivity contribution >= 4 is 66.7 Å². The molecule has 2 amide bonds. The first-order chi connectivity index (χ1) is 9.97. The number of nitrogens with one attached hydrogen (secondary N) is 2. The zero-order valence-corrected chi connectivity index (χ0v) is 12.0. The average Bonchev–Trinajstić information content (AvgIpc) is 2.39. The molecule has 0 aliphatic carbocycles. The van der Waals surface area contributed by atoms with Crippen LogP contribution in [0, 0.1) is 10.1 Å². The summed E-state index contributed by atoms with van der Waals surface area (Å²) in [5.74, 6) is 0. The van der Waals surface area contributed by atoms with E-state index in [-0.39, 0.29) is 49.9 Å². The Morgan fingerprint density at radius 3 is 2.22 bits per heavy atom. The first-order valence-corrected chi connectivity index (χ1v) is 5.93. The molecule has 1 aromatic carbocycles. The van der Waals surface area contributed by atoms with Gasteiger partial charge in [-0.15, -0.1) is 10.1 Å². The van der Waals surface area contributed by atoms with Crippen molar-refractivity contribution < 1.29 is 15.1 Å². The molecule has 0 spiro atoms. The Morgan fingerprint density at radius 1 is 1.17 bits per heavy atom. The van der Waals surface area contributed by atoms with E-state index in [1.807, 2.05) is 18.2 Å². The number of pyridine rings is 1. The van der Waals surface area contributed by atoms with Gasteiger partial charge in [-0.3, -0.25) is 0 Å². The molecule has 122 valence electrons. The average molecular weight is 370 g/mol. The first-order valence-electron chi connectivity index (χ1n) is 5.55. The van der Waals surface area contributed by atoms with Gasteiger partial charge in [0.15, 0.2) is 0 Å². The summed E-state index contributed by atoms with van der Waals surface area (Å²) in [4.78, 5) is 23.8. The minimum atomic E-state index is -1.50. The van der Waals surface area contributed by atoms with Gasteiger partial charge in [-0.1, -0.05) is 29.8 Å². The van der Waals surface area contributed by atoms with Crippen molar-refractivity contribution in [1.29, 1.82) is 0 Å². The van der Waals surface area contributed by atoms with E-state index < -0.39 is 5.09 Å². The van der Waals surface area contributed by atoms with Crippen LogP contribution in [-0.2, 0) is 0 Å². The van der Waals surface area contributed by atoms with Crippen LogP contribution in [0.4, 0.5) is 16.2 Å². The molecule has 0 atom stereocenters. The number of urea groups is 1. The Labute approximate surface area is 166 Å². The van der Waals surface area contributed by atoms with Gasteiger partial charge in [-0.2, -0.15) is 0 Å². The van der Waals surface area contributed by atoms with Crippen LogP contribution in [0.2, 0.25) is 5.15 Å². The minimum absolute atomic E-state index is 0. The molecule has 2 rings (SSSR count). The van der Waals surface area contributed by atoms with Crippen LogP contribution >= 0.6 is 11.6 Å². The fraction of sp³-hybridized carbons (Fsp3) is 0. The molecule has 0 saturated heterocycles. The fourth-order valence-electron chi connectivity index (χ4n) is 1.30. The Morgan fingerprint density at radius 2 is 1.70 bits per heavy atom. The Balaban J connectivity index is 0. The van der Waals surface area contributed by atoms with Crippen LogP contribution in [0.1, 0.15) is 0 Å². The summed E-state index contributed by atoms with van der Waals surface area (Å²) < 4.78 is 0. The number of hydrogen-bond donors (Lipinski definition) is 4. The molecular formula is C12H16CaClN5O4. The summed E-state index contributed by atoms with van der Waals surface area (Å²) in [6, 6.07) is 12.1. The van der Waals surface area contributed by atoms with E-state index in [0.29, 0.717) is 10.8 Å². The molecule has 0 unspecified atom stereocenters. The molecule has 0 saturated carbocycles. The zero-order valence-electron chi connectivity index (χ0n) is 11.3. The third-order valence-corrected chi connectivity index (χ3v) is 2.22. The predicted octanol–water partition coefficient (Wildman–Crippen LogP) is 2.28. The van der Waals surface area contributed by atoms with Crippen LogP contribution < -0.4 is 16.8 Å². The molecule has 1 aromatic heterocycles. The number of carbonyl (C=O) groups excluding carboxylic acids is 1. The third kappa shape index (κ3) is 11.6. The normalized spacial score (nSPS) is 8.22. The second-order valence-corrected chi connectivity index (χ2v) is 3.94. The second-order valence-electron chi connectivity index (χ2n) is 3.55. The van der Waals surface area contributed by atoms with Crippen LogP contribution in [-0.4, -0.2) is 59.0 Å². The summed E-state index contributed by atoms with van der Waals surface area (Å²) in [5, 5.41) is 19.3. The van der Waals surface area contributed by atoms with E-state index in [9.17, 15) is 4.79 Å². The molecule has 2 aromatic rings. The Kier molecular flexibility index (Phi) is 13.2. The number of carbonyl (C=O) groups is 1. The number of para-hydroxylation sites is 1. The number of anilines is 2. The summed E-state index contributed by atoms with van der Waals surface area (Å²) in [6.45, 7) is 0. The van der Waals surface area contributed by atoms with Gasteiger partial charge in [-0.25, -0.2) is 9.78 Å². The topological polar surface area (TPSA) is 152 Å². The molecule has 0 radical (unpaired) electrons. The van der Waals surface area contributed by atoms with E-state index in [0.717, 1.165) is 5.69 Å². The van der Waals surface area contributed by atoms with Gasteiger partial charge in [0.25, 0.3) is 5.09 Å². The van der Waals surface area contributed by atoms with Crippen LogP contribution in [0.25, 0.3) is 0 Å². The maximum absolute atomic E-state index is 11.6. The van der Waals surface area contributed by atoms with E-state index in [2.05, 4.69) is 15.6 Å². The molecule has 6 N–H and O–H groups in total. The van der Waals surface area contributed by atoms with Crippen molar-refractivity contribution in [2.45, 2.75) is 0 Å². The SMILES string of the molecule is N.O=C(Nc1ccccc1)Nc1ccnc(Cl)c1.O=[N+]([O-])O.[CaH2]. The summed E-state index contributed by atoms with van der Waals surface area (Å²) in [5.41, 5.74) is 1.32. The second kappa shape index (κ2) is 12.9. The predicted molar refractivity (Wildman–Crippen MR) is 90.7 cm³/mol. The standard InChI is InChI=1S/C12H10ClN3O.Ca.HNO3.H3N.2H/c13-11-8-10(6-7-14-11)16-12(17)15-9-4-2-1-3-5-9;;2-1(3)4;;;/h1-8H,(H2,14,15,16,17);;(H,2,3,4);1H3;;. The van der Waals surface area contributed by atoms with Crippen molar-refractivity contribution in [3.8, 4) is 0 Å². The maximum atomic E-state index is 11.6. The van der Waals surface area contributed by atoms with Crippen LogP contribution in [0.5, 0.6) is 0 Å². The van der Waals surface area contributed by atoms with Crippen molar-refractivity contribution in [2.24, 2.45) is 0 Å². The Hall–Kier alpha value is -1.65. The zero-order chi connectivity index (χ0) is 15.7. The number of benzene rings is 1. The fourth-order valence-corrected chi connectivity index (χ4v) is 1.47. The van der Waals surface area contributed by atoms with Crippen molar-refractivity contribution in [3.05, 3.63) is 63.9 Å². The molecule has 11 heteroatoms. The number of hydrogen-bond acceptors (Lipinski definition) is 5. The van der Waals surface area contributed by atoms with Gasteiger partial charge < -0.3 is 22.0 Å². The van der Waals surface area contributed by atoms with Crippen molar-refractivity contribution in [2.75, 3.05) is 10.6 Å². The van der Waals surface area contributed by atoms with Crippen molar-refractivity contribution in [1.82, 2.24) is 11.1 Å². The van der Waals surface area contributed by atoms with Gasteiger partial charge in [0.2, 0.25) is 0 Å². The molecular weight excluding hydrogens is 354 g/mol. The van der Waals surface area contributed by atoms with E-state index in [1.54, 1.807) is 24.3 Å². The van der Waals surface area contributed by atoms with Gasteiger partial charge in [0, 0.05) is 17.6 Å². The number of aromatic nitrogens is 1. The molecule has 9 nitrogen and oxygen atoms in total. The molecule has 23 heavy (non-hydrogen) atoms. The summed E-state index contributed by atoms with van der Waals surface area (Å²) in [6.07, 6.45) is 1.53. The Bertz CT molecular complexity index is 613. The van der Waals surface area contributed by atoms with Crippen LogP contribution in [0.3, 0.4) is 0 Å². The number of rotatable bonds is 2. The third-order valence-electron chi connectivity index (χ3n) is 2.02. The van der Waals surface area contributed by atoms with Gasteiger partial charge >= 0.3 is 43.8 Å². The molecule has 0 aliphatic rings. The van der Waals surface area contributed by atoms with Crippen molar-refractivity contribution in [3.63, 3.8) is 0 Å². The number of halogens is 1. The monoisotopic (exact) mass is 369 g/mol. The molecule has 1 heterocycles. The van der Waals surface area contributed by atoms with E-state index in [4.69, 9.17) is 26.9 Å². The van der Waals surface area contributed by atoms with Gasteiger partial charge in [0.05, 0.1) is 0 Å². The van der Waals surface area contributed by atoms with E-state index >= 15 is 0 Å².